The lowest BCUT2D eigenvalue weighted by atomic mass is 9.96. The zero-order valence-electron chi connectivity index (χ0n) is 11.7. The molecule has 0 unspecified atom stereocenters. The quantitative estimate of drug-likeness (QED) is 0.463. The van der Waals surface area contributed by atoms with Crippen LogP contribution in [-0.2, 0) is 4.74 Å². The zero-order chi connectivity index (χ0) is 14.2. The summed E-state index contributed by atoms with van der Waals surface area (Å²) in [5.74, 6) is 0. The Hall–Kier alpha value is -0.660. The van der Waals surface area contributed by atoms with Crippen molar-refractivity contribution in [1.82, 2.24) is 21.5 Å². The van der Waals surface area contributed by atoms with E-state index in [0.717, 1.165) is 26.0 Å². The van der Waals surface area contributed by atoms with Gasteiger partial charge in [0.1, 0.15) is 0 Å². The molecule has 0 spiro atoms. The minimum Gasteiger partial charge on any atom is -0.376 e. The summed E-state index contributed by atoms with van der Waals surface area (Å²) in [6.07, 6.45) is 8.83. The van der Waals surface area contributed by atoms with E-state index in [1.807, 2.05) is 0 Å². The van der Waals surface area contributed by atoms with Gasteiger partial charge in [0.2, 0.25) is 0 Å². The molecule has 0 radical (unpaired) electrons. The summed E-state index contributed by atoms with van der Waals surface area (Å²) in [6.45, 7) is 1.61. The lowest BCUT2D eigenvalue weighted by Crippen LogP contribution is -2.53. The van der Waals surface area contributed by atoms with Gasteiger partial charge >= 0.3 is 0 Å². The van der Waals surface area contributed by atoms with Gasteiger partial charge in [-0.25, -0.2) is 0 Å². The van der Waals surface area contributed by atoms with Gasteiger partial charge in [-0.05, 0) is 50.1 Å². The molecule has 1 atom stereocenters. The predicted molar refractivity (Wildman–Crippen MR) is 88.5 cm³/mol. The lowest BCUT2D eigenvalue weighted by molar-refractivity contribution is 0.114. The van der Waals surface area contributed by atoms with Crippen molar-refractivity contribution in [2.45, 2.75) is 57.1 Å². The average molecular weight is 316 g/mol. The SMILES string of the molecule is S=C(NC[C@H]1CCCO1)NNC(=S)NC1CCCCC1. The van der Waals surface area contributed by atoms with E-state index >= 15 is 0 Å². The number of rotatable bonds is 3. The molecular weight excluding hydrogens is 292 g/mol. The summed E-state index contributed by atoms with van der Waals surface area (Å²) in [5, 5.41) is 7.60. The van der Waals surface area contributed by atoms with Crippen LogP contribution in [0.15, 0.2) is 0 Å². The maximum atomic E-state index is 5.52. The Morgan fingerprint density at radius 1 is 0.950 bits per heavy atom. The second-order valence-corrected chi connectivity index (χ2v) is 6.22. The highest BCUT2D eigenvalue weighted by atomic mass is 32.1. The number of hydrogen-bond donors (Lipinski definition) is 4. The second-order valence-electron chi connectivity index (χ2n) is 5.40. The number of hydrogen-bond acceptors (Lipinski definition) is 3. The Balaban J connectivity index is 1.53. The largest absolute Gasteiger partial charge is 0.376 e. The molecule has 0 aromatic rings. The van der Waals surface area contributed by atoms with Crippen LogP contribution in [0.5, 0.6) is 0 Å². The third kappa shape index (κ3) is 5.76. The Morgan fingerprint density at radius 3 is 2.40 bits per heavy atom. The molecule has 1 aliphatic carbocycles. The fourth-order valence-electron chi connectivity index (χ4n) is 2.64. The van der Waals surface area contributed by atoms with Crippen molar-refractivity contribution in [3.05, 3.63) is 0 Å². The van der Waals surface area contributed by atoms with Crippen LogP contribution >= 0.6 is 24.4 Å². The molecule has 0 aromatic heterocycles. The van der Waals surface area contributed by atoms with Gasteiger partial charge in [-0.1, -0.05) is 19.3 Å². The summed E-state index contributed by atoms with van der Waals surface area (Å²) in [7, 11) is 0. The van der Waals surface area contributed by atoms with Crippen LogP contribution in [0.25, 0.3) is 0 Å². The molecule has 2 fully saturated rings. The highest BCUT2D eigenvalue weighted by Gasteiger charge is 2.16. The molecule has 20 heavy (non-hydrogen) atoms. The molecule has 0 amide bonds. The highest BCUT2D eigenvalue weighted by molar-refractivity contribution is 7.80. The van der Waals surface area contributed by atoms with Crippen molar-refractivity contribution in [3.63, 3.8) is 0 Å². The normalized spacial score (nSPS) is 23.1. The first-order valence-electron chi connectivity index (χ1n) is 7.46. The summed E-state index contributed by atoms with van der Waals surface area (Å²) < 4.78 is 5.52. The Morgan fingerprint density at radius 2 is 1.70 bits per heavy atom. The molecule has 2 aliphatic rings. The van der Waals surface area contributed by atoms with Crippen molar-refractivity contribution >= 4 is 34.7 Å². The molecule has 1 aliphatic heterocycles. The minimum atomic E-state index is 0.280. The van der Waals surface area contributed by atoms with E-state index in [9.17, 15) is 0 Å². The van der Waals surface area contributed by atoms with Gasteiger partial charge in [-0.3, -0.25) is 10.9 Å². The van der Waals surface area contributed by atoms with Crippen LogP contribution in [0.3, 0.4) is 0 Å². The molecular formula is C13H24N4OS2. The topological polar surface area (TPSA) is 57.4 Å². The van der Waals surface area contributed by atoms with Crippen molar-refractivity contribution < 1.29 is 4.74 Å². The number of nitrogens with one attached hydrogen (secondary N) is 4. The third-order valence-corrected chi connectivity index (χ3v) is 4.21. The van der Waals surface area contributed by atoms with E-state index in [1.165, 1.54) is 32.1 Å². The van der Waals surface area contributed by atoms with Crippen molar-refractivity contribution in [3.8, 4) is 0 Å². The van der Waals surface area contributed by atoms with E-state index in [2.05, 4.69) is 21.5 Å². The first kappa shape index (κ1) is 15.7. The van der Waals surface area contributed by atoms with Gasteiger partial charge in [0.25, 0.3) is 0 Å². The van der Waals surface area contributed by atoms with Crippen molar-refractivity contribution in [2.24, 2.45) is 0 Å². The lowest BCUT2D eigenvalue weighted by Gasteiger charge is -2.24. The number of thiocarbonyl (C=S) groups is 2. The fraction of sp³-hybridized carbons (Fsp3) is 0.846. The van der Waals surface area contributed by atoms with E-state index in [-0.39, 0.29) is 6.10 Å². The monoisotopic (exact) mass is 316 g/mol. The van der Waals surface area contributed by atoms with E-state index < -0.39 is 0 Å². The van der Waals surface area contributed by atoms with Crippen LogP contribution < -0.4 is 21.5 Å². The Bertz CT molecular complexity index is 328. The van der Waals surface area contributed by atoms with Gasteiger partial charge in [0.05, 0.1) is 6.10 Å². The molecule has 1 saturated carbocycles. The predicted octanol–water partition coefficient (Wildman–Crippen LogP) is 1.34. The van der Waals surface area contributed by atoms with Crippen LogP contribution in [0.1, 0.15) is 44.9 Å². The fourth-order valence-corrected chi connectivity index (χ4v) is 2.99. The molecule has 0 bridgehead atoms. The van der Waals surface area contributed by atoms with E-state index in [1.54, 1.807) is 0 Å². The molecule has 1 saturated heterocycles. The molecule has 114 valence electrons. The Labute approximate surface area is 131 Å². The minimum absolute atomic E-state index is 0.280. The number of hydrazine groups is 1. The Kier molecular flexibility index (Phi) is 6.75. The smallest absolute Gasteiger partial charge is 0.185 e. The van der Waals surface area contributed by atoms with Gasteiger partial charge in [0.15, 0.2) is 10.2 Å². The molecule has 5 nitrogen and oxygen atoms in total. The maximum Gasteiger partial charge on any atom is 0.185 e. The van der Waals surface area contributed by atoms with Gasteiger partial charge in [-0.15, -0.1) is 0 Å². The maximum absolute atomic E-state index is 5.52. The van der Waals surface area contributed by atoms with E-state index in [4.69, 9.17) is 29.2 Å². The van der Waals surface area contributed by atoms with Crippen LogP contribution in [-0.4, -0.2) is 35.5 Å². The first-order valence-corrected chi connectivity index (χ1v) is 8.27. The molecule has 7 heteroatoms. The number of ether oxygens (including phenoxy) is 1. The van der Waals surface area contributed by atoms with Crippen LogP contribution in [0.2, 0.25) is 0 Å². The van der Waals surface area contributed by atoms with Crippen LogP contribution in [0, 0.1) is 0 Å². The summed E-state index contributed by atoms with van der Waals surface area (Å²) in [6, 6.07) is 0.499. The summed E-state index contributed by atoms with van der Waals surface area (Å²) >= 11 is 10.4. The third-order valence-electron chi connectivity index (χ3n) is 3.74. The highest BCUT2D eigenvalue weighted by Crippen LogP contribution is 2.17. The molecule has 4 N–H and O–H groups in total. The van der Waals surface area contributed by atoms with Gasteiger partial charge in [0, 0.05) is 19.2 Å². The molecule has 2 rings (SSSR count). The second kappa shape index (κ2) is 8.59. The zero-order valence-corrected chi connectivity index (χ0v) is 13.4. The van der Waals surface area contributed by atoms with Crippen molar-refractivity contribution in [2.75, 3.05) is 13.2 Å². The standard InChI is InChI=1S/C13H24N4OS2/c19-12(14-9-11-7-4-8-18-11)16-17-13(20)15-10-5-2-1-3-6-10/h10-11H,1-9H2,(H2,14,16,19)(H2,15,17,20)/t11-/m1/s1. The summed E-state index contributed by atoms with van der Waals surface area (Å²) in [4.78, 5) is 0. The molecule has 1 heterocycles. The molecule has 0 aromatic carbocycles. The summed E-state index contributed by atoms with van der Waals surface area (Å²) in [5.41, 5.74) is 5.84. The van der Waals surface area contributed by atoms with Gasteiger partial charge < -0.3 is 15.4 Å². The van der Waals surface area contributed by atoms with E-state index in [0.29, 0.717) is 16.3 Å². The first-order chi connectivity index (χ1) is 9.74. The van der Waals surface area contributed by atoms with Gasteiger partial charge in [-0.2, -0.15) is 0 Å². The van der Waals surface area contributed by atoms with Crippen LogP contribution in [0.4, 0.5) is 0 Å². The van der Waals surface area contributed by atoms with Crippen molar-refractivity contribution in [1.29, 1.82) is 0 Å². The average Bonchev–Trinajstić information content (AvgIpc) is 2.97.